The summed E-state index contributed by atoms with van der Waals surface area (Å²) < 4.78 is 0. The molecule has 4 nitrogen and oxygen atoms in total. The minimum atomic E-state index is -0.898. The van der Waals surface area contributed by atoms with Crippen LogP contribution in [0.1, 0.15) is 50.2 Å². The summed E-state index contributed by atoms with van der Waals surface area (Å²) in [6.45, 7) is 1.91. The van der Waals surface area contributed by atoms with Crippen LogP contribution in [0.25, 0.3) is 0 Å². The Labute approximate surface area is 161 Å². The van der Waals surface area contributed by atoms with Gasteiger partial charge in [-0.15, -0.1) is 0 Å². The number of hydrogen-bond acceptors (Lipinski definition) is 2. The molecule has 4 heteroatoms. The summed E-state index contributed by atoms with van der Waals surface area (Å²) in [5.74, 6) is -0.510. The van der Waals surface area contributed by atoms with Gasteiger partial charge < -0.3 is 11.1 Å². The van der Waals surface area contributed by atoms with Crippen LogP contribution in [0.4, 0.5) is 0 Å². The lowest BCUT2D eigenvalue weighted by Gasteiger charge is -2.34. The third kappa shape index (κ3) is 4.05. The highest BCUT2D eigenvalue weighted by atomic mass is 16.2. The van der Waals surface area contributed by atoms with Crippen molar-refractivity contribution in [1.82, 2.24) is 5.32 Å². The van der Waals surface area contributed by atoms with Gasteiger partial charge in [0.15, 0.2) is 0 Å². The number of hydrogen-bond donors (Lipinski definition) is 2. The third-order valence-corrected chi connectivity index (χ3v) is 5.87. The topological polar surface area (TPSA) is 72.2 Å². The molecule has 2 amide bonds. The Morgan fingerprint density at radius 2 is 1.41 bits per heavy atom. The molecule has 0 aromatic heterocycles. The van der Waals surface area contributed by atoms with E-state index in [1.807, 2.05) is 67.6 Å². The summed E-state index contributed by atoms with van der Waals surface area (Å²) in [5, 5.41) is 3.01. The fourth-order valence-electron chi connectivity index (χ4n) is 4.15. The molecule has 0 spiro atoms. The van der Waals surface area contributed by atoms with Crippen molar-refractivity contribution in [2.24, 2.45) is 11.7 Å². The Bertz CT molecular complexity index is 728. The zero-order valence-electron chi connectivity index (χ0n) is 15.9. The molecule has 3 N–H and O–H groups in total. The molecule has 1 atom stereocenters. The van der Waals surface area contributed by atoms with Gasteiger partial charge in [0, 0.05) is 0 Å². The van der Waals surface area contributed by atoms with E-state index in [0.717, 1.165) is 36.8 Å². The number of carbonyl (C=O) groups excluding carboxylic acids is 2. The molecule has 1 aliphatic rings. The maximum Gasteiger partial charge on any atom is 0.240 e. The molecule has 27 heavy (non-hydrogen) atoms. The first-order chi connectivity index (χ1) is 13.0. The van der Waals surface area contributed by atoms with Gasteiger partial charge in [0.05, 0.1) is 5.41 Å². The first-order valence-electron chi connectivity index (χ1n) is 9.75. The van der Waals surface area contributed by atoms with E-state index in [1.54, 1.807) is 0 Å². The Morgan fingerprint density at radius 3 is 1.85 bits per heavy atom. The number of nitrogens with two attached hydrogens (primary N) is 1. The lowest BCUT2D eigenvalue weighted by atomic mass is 9.74. The number of rotatable bonds is 6. The molecule has 0 aliphatic heterocycles. The third-order valence-electron chi connectivity index (χ3n) is 5.87. The zero-order valence-corrected chi connectivity index (χ0v) is 15.9. The minimum Gasteiger partial charge on any atom is -0.368 e. The van der Waals surface area contributed by atoms with Crippen molar-refractivity contribution in [2.45, 2.75) is 50.5 Å². The maximum absolute atomic E-state index is 13.5. The largest absolute Gasteiger partial charge is 0.368 e. The van der Waals surface area contributed by atoms with Crippen molar-refractivity contribution in [3.8, 4) is 0 Å². The van der Waals surface area contributed by atoms with Gasteiger partial charge >= 0.3 is 0 Å². The first kappa shape index (κ1) is 19.2. The molecule has 1 saturated carbocycles. The smallest absolute Gasteiger partial charge is 0.240 e. The van der Waals surface area contributed by atoms with Crippen LogP contribution in [-0.4, -0.2) is 17.9 Å². The second-order valence-electron chi connectivity index (χ2n) is 7.61. The predicted molar refractivity (Wildman–Crippen MR) is 107 cm³/mol. The Kier molecular flexibility index (Phi) is 5.94. The fraction of sp³-hybridized carbons (Fsp3) is 0.391. The van der Waals surface area contributed by atoms with Crippen LogP contribution >= 0.6 is 0 Å². The van der Waals surface area contributed by atoms with Crippen molar-refractivity contribution in [3.63, 3.8) is 0 Å². The molecular weight excluding hydrogens is 336 g/mol. The molecule has 0 saturated heterocycles. The van der Waals surface area contributed by atoms with Gasteiger partial charge in [0.2, 0.25) is 11.8 Å². The average Bonchev–Trinajstić information content (AvgIpc) is 2.73. The molecule has 1 aliphatic carbocycles. The summed E-state index contributed by atoms with van der Waals surface area (Å²) in [7, 11) is 0. The van der Waals surface area contributed by atoms with E-state index in [-0.39, 0.29) is 11.8 Å². The monoisotopic (exact) mass is 364 g/mol. The summed E-state index contributed by atoms with van der Waals surface area (Å²) in [6.07, 6.45) is 5.21. The first-order valence-corrected chi connectivity index (χ1v) is 9.75. The van der Waals surface area contributed by atoms with Crippen molar-refractivity contribution in [2.75, 3.05) is 0 Å². The van der Waals surface area contributed by atoms with Crippen molar-refractivity contribution >= 4 is 11.8 Å². The zero-order chi connectivity index (χ0) is 19.3. The van der Waals surface area contributed by atoms with Crippen LogP contribution in [0.15, 0.2) is 60.7 Å². The summed E-state index contributed by atoms with van der Waals surface area (Å²) in [5.41, 5.74) is 6.56. The number of benzene rings is 2. The van der Waals surface area contributed by atoms with Gasteiger partial charge in [-0.2, -0.15) is 0 Å². The molecule has 0 heterocycles. The molecule has 3 rings (SSSR count). The highest BCUT2D eigenvalue weighted by Crippen LogP contribution is 2.33. The van der Waals surface area contributed by atoms with Gasteiger partial charge in [0.25, 0.3) is 0 Å². The number of carbonyl (C=O) groups is 2. The Morgan fingerprint density at radius 1 is 0.926 bits per heavy atom. The van der Waals surface area contributed by atoms with Crippen molar-refractivity contribution < 1.29 is 9.59 Å². The number of primary amides is 1. The molecule has 0 bridgehead atoms. The number of nitrogens with one attached hydrogen (secondary N) is 1. The van der Waals surface area contributed by atoms with E-state index in [9.17, 15) is 9.59 Å². The van der Waals surface area contributed by atoms with Crippen LogP contribution in [0.3, 0.4) is 0 Å². The molecule has 0 radical (unpaired) electrons. The normalized spacial score (nSPS) is 16.5. The molecular formula is C23H28N2O2. The van der Waals surface area contributed by atoms with Gasteiger partial charge in [0.1, 0.15) is 6.04 Å². The van der Waals surface area contributed by atoms with Gasteiger partial charge in [-0.05, 0) is 36.8 Å². The van der Waals surface area contributed by atoms with Crippen LogP contribution < -0.4 is 11.1 Å². The van der Waals surface area contributed by atoms with Gasteiger partial charge in [-0.3, -0.25) is 9.59 Å². The second kappa shape index (κ2) is 8.38. The average molecular weight is 364 g/mol. The molecule has 0 unspecified atom stereocenters. The van der Waals surface area contributed by atoms with E-state index in [1.165, 1.54) is 6.42 Å². The standard InChI is InChI=1S/C23H28N2O2/c1-23(18-13-7-3-8-14-18,19-15-9-4-10-16-19)22(27)25-20(21(24)26)17-11-5-2-6-12-17/h3-4,7-10,13-17,20H,2,5-6,11-12H2,1H3,(H2,24,26)(H,25,27)/t20-/m1/s1. The molecule has 142 valence electrons. The number of amides is 2. The van der Waals surface area contributed by atoms with E-state index in [4.69, 9.17) is 5.73 Å². The summed E-state index contributed by atoms with van der Waals surface area (Å²) in [4.78, 5) is 25.6. The van der Waals surface area contributed by atoms with Gasteiger partial charge in [-0.25, -0.2) is 0 Å². The van der Waals surface area contributed by atoms with E-state index < -0.39 is 17.4 Å². The fourth-order valence-corrected chi connectivity index (χ4v) is 4.15. The summed E-state index contributed by atoms with van der Waals surface area (Å²) in [6, 6.07) is 18.8. The van der Waals surface area contributed by atoms with E-state index >= 15 is 0 Å². The lowest BCUT2D eigenvalue weighted by Crippen LogP contribution is -2.54. The predicted octanol–water partition coefficient (Wildman–Crippen LogP) is 3.54. The van der Waals surface area contributed by atoms with Gasteiger partial charge in [-0.1, -0.05) is 79.9 Å². The molecule has 2 aromatic rings. The quantitative estimate of drug-likeness (QED) is 0.823. The van der Waals surface area contributed by atoms with E-state index in [0.29, 0.717) is 0 Å². The SMILES string of the molecule is CC(C(=O)N[C@@H](C(N)=O)C1CCCCC1)(c1ccccc1)c1ccccc1. The van der Waals surface area contributed by atoms with Crippen LogP contribution in [0.5, 0.6) is 0 Å². The van der Waals surface area contributed by atoms with E-state index in [2.05, 4.69) is 5.32 Å². The Hall–Kier alpha value is -2.62. The highest BCUT2D eigenvalue weighted by molar-refractivity contribution is 5.95. The highest BCUT2D eigenvalue weighted by Gasteiger charge is 2.40. The van der Waals surface area contributed by atoms with Crippen LogP contribution in [0, 0.1) is 5.92 Å². The maximum atomic E-state index is 13.5. The van der Waals surface area contributed by atoms with Crippen LogP contribution in [-0.2, 0) is 15.0 Å². The van der Waals surface area contributed by atoms with Crippen molar-refractivity contribution in [3.05, 3.63) is 71.8 Å². The van der Waals surface area contributed by atoms with Crippen molar-refractivity contribution in [1.29, 1.82) is 0 Å². The second-order valence-corrected chi connectivity index (χ2v) is 7.61. The molecule has 2 aromatic carbocycles. The Balaban J connectivity index is 1.94. The van der Waals surface area contributed by atoms with Crippen LogP contribution in [0.2, 0.25) is 0 Å². The minimum absolute atomic E-state index is 0.121. The lowest BCUT2D eigenvalue weighted by molar-refractivity contribution is -0.131. The summed E-state index contributed by atoms with van der Waals surface area (Å²) >= 11 is 0. The molecule has 1 fully saturated rings.